The lowest BCUT2D eigenvalue weighted by atomic mass is 9.86. The van der Waals surface area contributed by atoms with Crippen molar-refractivity contribution in [3.8, 4) is 11.5 Å². The highest BCUT2D eigenvalue weighted by molar-refractivity contribution is 9.10. The van der Waals surface area contributed by atoms with Gasteiger partial charge in [0.15, 0.2) is 0 Å². The van der Waals surface area contributed by atoms with Crippen LogP contribution in [-0.2, 0) is 6.54 Å². The number of rotatable bonds is 5. The van der Waals surface area contributed by atoms with Crippen molar-refractivity contribution in [1.29, 1.82) is 0 Å². The molecule has 0 unspecified atom stereocenters. The van der Waals surface area contributed by atoms with Gasteiger partial charge in [-0.15, -0.1) is 0 Å². The maximum atomic E-state index is 5.47. The first-order valence-electron chi connectivity index (χ1n) is 7.29. The van der Waals surface area contributed by atoms with E-state index < -0.39 is 0 Å². The molecule has 1 aliphatic carbocycles. The normalized spacial score (nSPS) is 22.6. The van der Waals surface area contributed by atoms with Crippen molar-refractivity contribution in [3.05, 3.63) is 22.2 Å². The van der Waals surface area contributed by atoms with Crippen molar-refractivity contribution in [1.82, 2.24) is 5.32 Å². The highest BCUT2D eigenvalue weighted by atomic mass is 79.9. The summed E-state index contributed by atoms with van der Waals surface area (Å²) >= 11 is 3.54. The maximum Gasteiger partial charge on any atom is 0.136 e. The van der Waals surface area contributed by atoms with Crippen LogP contribution in [0, 0.1) is 5.92 Å². The van der Waals surface area contributed by atoms with Gasteiger partial charge < -0.3 is 14.8 Å². The summed E-state index contributed by atoms with van der Waals surface area (Å²) in [5.41, 5.74) is 1.16. The number of hydrogen-bond donors (Lipinski definition) is 1. The van der Waals surface area contributed by atoms with E-state index in [9.17, 15) is 0 Å². The topological polar surface area (TPSA) is 30.5 Å². The summed E-state index contributed by atoms with van der Waals surface area (Å²) in [5.74, 6) is 2.44. The number of halogens is 1. The molecule has 0 spiro atoms. The molecule has 112 valence electrons. The molecule has 20 heavy (non-hydrogen) atoms. The Kier molecular flexibility index (Phi) is 5.73. The zero-order valence-electron chi connectivity index (χ0n) is 12.5. The van der Waals surface area contributed by atoms with Crippen molar-refractivity contribution in [2.75, 3.05) is 14.2 Å². The molecule has 0 bridgehead atoms. The fourth-order valence-electron chi connectivity index (χ4n) is 2.92. The van der Waals surface area contributed by atoms with Gasteiger partial charge in [-0.25, -0.2) is 0 Å². The molecule has 3 nitrogen and oxygen atoms in total. The van der Waals surface area contributed by atoms with E-state index in [0.29, 0.717) is 6.04 Å². The zero-order chi connectivity index (χ0) is 14.5. The van der Waals surface area contributed by atoms with E-state index in [-0.39, 0.29) is 0 Å². The summed E-state index contributed by atoms with van der Waals surface area (Å²) < 4.78 is 11.7. The molecule has 0 amide bonds. The Balaban J connectivity index is 2.06. The standard InChI is InChI=1S/C16H24BrNO2/c1-11-6-4-5-7-14(11)18-10-12-8-13(17)16(20-3)9-15(12)19-2/h8-9,11,14,18H,4-7,10H2,1-3H3/t11-,14+/m0/s1. The molecule has 0 heterocycles. The van der Waals surface area contributed by atoms with Gasteiger partial charge in [0.05, 0.1) is 18.7 Å². The fraction of sp³-hybridized carbons (Fsp3) is 0.625. The molecule has 0 radical (unpaired) electrons. The number of nitrogens with one attached hydrogen (secondary N) is 1. The van der Waals surface area contributed by atoms with Gasteiger partial charge in [0, 0.05) is 24.2 Å². The average molecular weight is 342 g/mol. The highest BCUT2D eigenvalue weighted by Crippen LogP contribution is 2.33. The highest BCUT2D eigenvalue weighted by Gasteiger charge is 2.21. The molecule has 1 aliphatic rings. The SMILES string of the molecule is COc1cc(OC)c(CN[C@@H]2CCCC[C@@H]2C)cc1Br. The lowest BCUT2D eigenvalue weighted by Gasteiger charge is -2.30. The molecule has 4 heteroatoms. The van der Waals surface area contributed by atoms with Gasteiger partial charge in [-0.2, -0.15) is 0 Å². The molecule has 1 N–H and O–H groups in total. The second-order valence-electron chi connectivity index (χ2n) is 5.55. The van der Waals surface area contributed by atoms with Crippen LogP contribution in [-0.4, -0.2) is 20.3 Å². The summed E-state index contributed by atoms with van der Waals surface area (Å²) in [7, 11) is 3.37. The van der Waals surface area contributed by atoms with Gasteiger partial charge in [-0.3, -0.25) is 0 Å². The molecule has 2 atom stereocenters. The van der Waals surface area contributed by atoms with E-state index in [4.69, 9.17) is 9.47 Å². The molecule has 1 fully saturated rings. The van der Waals surface area contributed by atoms with Gasteiger partial charge in [-0.1, -0.05) is 19.8 Å². The van der Waals surface area contributed by atoms with Crippen LogP contribution in [0.3, 0.4) is 0 Å². The molecule has 0 aliphatic heterocycles. The summed E-state index contributed by atoms with van der Waals surface area (Å²) in [5, 5.41) is 3.69. The number of ether oxygens (including phenoxy) is 2. The summed E-state index contributed by atoms with van der Waals surface area (Å²) in [6.45, 7) is 3.18. The van der Waals surface area contributed by atoms with Crippen LogP contribution >= 0.6 is 15.9 Å². The van der Waals surface area contributed by atoms with Crippen molar-refractivity contribution < 1.29 is 9.47 Å². The molecule has 0 aromatic heterocycles. The smallest absolute Gasteiger partial charge is 0.136 e. The van der Waals surface area contributed by atoms with Crippen LogP contribution < -0.4 is 14.8 Å². The maximum absolute atomic E-state index is 5.47. The van der Waals surface area contributed by atoms with Crippen LogP contribution in [0.15, 0.2) is 16.6 Å². The monoisotopic (exact) mass is 341 g/mol. The first-order chi connectivity index (χ1) is 9.65. The van der Waals surface area contributed by atoms with Crippen molar-refractivity contribution in [2.24, 2.45) is 5.92 Å². The second kappa shape index (κ2) is 7.32. The molecule has 1 aromatic carbocycles. The molecule has 2 rings (SSSR count). The number of benzene rings is 1. The second-order valence-corrected chi connectivity index (χ2v) is 6.40. The van der Waals surface area contributed by atoms with Crippen molar-refractivity contribution in [2.45, 2.75) is 45.2 Å². The first-order valence-corrected chi connectivity index (χ1v) is 8.08. The van der Waals surface area contributed by atoms with Gasteiger partial charge in [-0.05, 0) is 40.8 Å². The molecule has 1 aromatic rings. The summed E-state index contributed by atoms with van der Waals surface area (Å²) in [6, 6.07) is 4.64. The minimum absolute atomic E-state index is 0.620. The van der Waals surface area contributed by atoms with Gasteiger partial charge >= 0.3 is 0 Å². The van der Waals surface area contributed by atoms with E-state index in [1.807, 2.05) is 6.07 Å². The predicted octanol–water partition coefficient (Wildman–Crippen LogP) is 4.13. The van der Waals surface area contributed by atoms with Crippen LogP contribution in [0.2, 0.25) is 0 Å². The quantitative estimate of drug-likeness (QED) is 0.873. The van der Waals surface area contributed by atoms with Crippen LogP contribution in [0.1, 0.15) is 38.2 Å². The predicted molar refractivity (Wildman–Crippen MR) is 85.5 cm³/mol. The van der Waals surface area contributed by atoms with Crippen LogP contribution in [0.5, 0.6) is 11.5 Å². The third-order valence-electron chi connectivity index (χ3n) is 4.22. The molecular weight excluding hydrogens is 318 g/mol. The average Bonchev–Trinajstić information content (AvgIpc) is 2.46. The Morgan fingerprint density at radius 2 is 1.85 bits per heavy atom. The van der Waals surface area contributed by atoms with Crippen molar-refractivity contribution in [3.63, 3.8) is 0 Å². The minimum Gasteiger partial charge on any atom is -0.496 e. The molecule has 0 saturated heterocycles. The van der Waals surface area contributed by atoms with E-state index in [1.165, 1.54) is 25.7 Å². The third-order valence-corrected chi connectivity index (χ3v) is 4.84. The van der Waals surface area contributed by atoms with Gasteiger partial charge in [0.25, 0.3) is 0 Å². The molecule has 1 saturated carbocycles. The third kappa shape index (κ3) is 3.67. The van der Waals surface area contributed by atoms with E-state index >= 15 is 0 Å². The lowest BCUT2D eigenvalue weighted by Crippen LogP contribution is -2.36. The Labute approximate surface area is 130 Å². The van der Waals surface area contributed by atoms with E-state index in [2.05, 4.69) is 34.2 Å². The minimum atomic E-state index is 0.620. The Morgan fingerprint density at radius 3 is 2.50 bits per heavy atom. The largest absolute Gasteiger partial charge is 0.496 e. The lowest BCUT2D eigenvalue weighted by molar-refractivity contribution is 0.278. The van der Waals surface area contributed by atoms with Crippen LogP contribution in [0.4, 0.5) is 0 Å². The van der Waals surface area contributed by atoms with Crippen LogP contribution in [0.25, 0.3) is 0 Å². The number of methoxy groups -OCH3 is 2. The molecular formula is C16H24BrNO2. The fourth-order valence-corrected chi connectivity index (χ4v) is 3.47. The Morgan fingerprint density at radius 1 is 1.15 bits per heavy atom. The Bertz CT molecular complexity index is 450. The number of hydrogen-bond acceptors (Lipinski definition) is 3. The van der Waals surface area contributed by atoms with Gasteiger partial charge in [0.2, 0.25) is 0 Å². The Hall–Kier alpha value is -0.740. The van der Waals surface area contributed by atoms with E-state index in [1.54, 1.807) is 14.2 Å². The van der Waals surface area contributed by atoms with E-state index in [0.717, 1.165) is 34.0 Å². The summed E-state index contributed by atoms with van der Waals surface area (Å²) in [4.78, 5) is 0. The van der Waals surface area contributed by atoms with Crippen molar-refractivity contribution >= 4 is 15.9 Å². The summed E-state index contributed by atoms with van der Waals surface area (Å²) in [6.07, 6.45) is 5.32. The zero-order valence-corrected chi connectivity index (χ0v) is 14.1. The first kappa shape index (κ1) is 15.6. The van der Waals surface area contributed by atoms with Gasteiger partial charge in [0.1, 0.15) is 11.5 Å².